The van der Waals surface area contributed by atoms with Crippen LogP contribution in [-0.4, -0.2) is 29.3 Å². The summed E-state index contributed by atoms with van der Waals surface area (Å²) in [6, 6.07) is 6.35. The van der Waals surface area contributed by atoms with Gasteiger partial charge >= 0.3 is 5.97 Å². The highest BCUT2D eigenvalue weighted by Crippen LogP contribution is 2.47. The first-order valence-electron chi connectivity index (χ1n) is 6.73. The van der Waals surface area contributed by atoms with Crippen LogP contribution >= 0.6 is 0 Å². The lowest BCUT2D eigenvalue weighted by Crippen LogP contribution is -2.52. The summed E-state index contributed by atoms with van der Waals surface area (Å²) in [6.07, 6.45) is 0.984. The first-order valence-corrected chi connectivity index (χ1v) is 6.73. The van der Waals surface area contributed by atoms with Gasteiger partial charge in [0.05, 0.1) is 18.1 Å². The average Bonchev–Trinajstić information content (AvgIpc) is 2.70. The molecule has 0 amide bonds. The second-order valence-electron chi connectivity index (χ2n) is 5.79. The maximum Gasteiger partial charge on any atom is 0.306 e. The van der Waals surface area contributed by atoms with Gasteiger partial charge in [0.25, 0.3) is 0 Å². The van der Waals surface area contributed by atoms with Crippen LogP contribution in [0.3, 0.4) is 0 Å². The van der Waals surface area contributed by atoms with Gasteiger partial charge in [0.1, 0.15) is 0 Å². The zero-order valence-electron chi connectivity index (χ0n) is 11.3. The molecular weight excluding hydrogens is 242 g/mol. The highest BCUT2D eigenvalue weighted by Gasteiger charge is 2.49. The van der Waals surface area contributed by atoms with Crippen molar-refractivity contribution in [3.63, 3.8) is 0 Å². The highest BCUT2D eigenvalue weighted by atomic mass is 16.5. The van der Waals surface area contributed by atoms with Crippen LogP contribution in [0.5, 0.6) is 0 Å². The van der Waals surface area contributed by atoms with E-state index in [1.807, 2.05) is 6.92 Å². The van der Waals surface area contributed by atoms with Crippen molar-refractivity contribution in [1.29, 1.82) is 0 Å². The minimum absolute atomic E-state index is 0.0359. The number of nitrogens with one attached hydrogen (secondary N) is 1. The summed E-state index contributed by atoms with van der Waals surface area (Å²) in [4.78, 5) is 11.1. The molecule has 1 aromatic carbocycles. The molecular formula is C15H19NO3. The first-order chi connectivity index (χ1) is 9.01. The second-order valence-corrected chi connectivity index (χ2v) is 5.79. The van der Waals surface area contributed by atoms with Crippen molar-refractivity contribution in [2.24, 2.45) is 0 Å². The molecule has 3 atom stereocenters. The van der Waals surface area contributed by atoms with Crippen LogP contribution in [0.25, 0.3) is 0 Å². The molecule has 0 saturated carbocycles. The third-order valence-electron chi connectivity index (χ3n) is 4.43. The topological polar surface area (TPSA) is 58.6 Å². The van der Waals surface area contributed by atoms with Gasteiger partial charge in [-0.15, -0.1) is 0 Å². The number of fused-ring (bicyclic) bond motifs is 3. The fourth-order valence-electron chi connectivity index (χ4n) is 3.50. The lowest BCUT2D eigenvalue weighted by molar-refractivity contribution is -0.149. The lowest BCUT2D eigenvalue weighted by Gasteiger charge is -2.42. The number of anilines is 1. The van der Waals surface area contributed by atoms with Gasteiger partial charge < -0.3 is 15.2 Å². The molecule has 3 unspecified atom stereocenters. The van der Waals surface area contributed by atoms with E-state index >= 15 is 0 Å². The molecule has 2 aliphatic rings. The van der Waals surface area contributed by atoms with E-state index in [2.05, 4.69) is 30.4 Å². The number of benzene rings is 1. The van der Waals surface area contributed by atoms with Crippen molar-refractivity contribution in [2.75, 3.05) is 11.9 Å². The summed E-state index contributed by atoms with van der Waals surface area (Å²) in [5, 5.41) is 12.6. The van der Waals surface area contributed by atoms with Crippen LogP contribution < -0.4 is 5.32 Å². The summed E-state index contributed by atoms with van der Waals surface area (Å²) in [6.45, 7) is 4.62. The van der Waals surface area contributed by atoms with E-state index in [1.165, 1.54) is 16.8 Å². The van der Waals surface area contributed by atoms with Crippen molar-refractivity contribution in [3.05, 3.63) is 29.3 Å². The van der Waals surface area contributed by atoms with E-state index < -0.39 is 11.6 Å². The monoisotopic (exact) mass is 261 g/mol. The summed E-state index contributed by atoms with van der Waals surface area (Å²) in [5.74, 6) is -0.453. The SMILES string of the molecule is Cc1cccc2c1NC1C2CCOC1(C)CC(=O)O. The molecule has 0 aliphatic carbocycles. The number of carboxylic acid groups (broad SMARTS) is 1. The average molecular weight is 261 g/mol. The summed E-state index contributed by atoms with van der Waals surface area (Å²) < 4.78 is 5.82. The van der Waals surface area contributed by atoms with Crippen LogP contribution in [-0.2, 0) is 9.53 Å². The maximum absolute atomic E-state index is 11.1. The molecule has 102 valence electrons. The number of aryl methyl sites for hydroxylation is 1. The lowest BCUT2D eigenvalue weighted by atomic mass is 9.78. The fraction of sp³-hybridized carbons (Fsp3) is 0.533. The Morgan fingerprint density at radius 1 is 1.58 bits per heavy atom. The number of hydrogen-bond acceptors (Lipinski definition) is 3. The minimum atomic E-state index is -0.808. The molecule has 1 aromatic rings. The van der Waals surface area contributed by atoms with E-state index in [9.17, 15) is 4.79 Å². The standard InChI is InChI=1S/C15H19NO3/c1-9-4-3-5-10-11-6-7-19-15(2,8-12(17)18)14(11)16-13(9)10/h3-5,11,14,16H,6-8H2,1-2H3,(H,17,18). The molecule has 3 rings (SSSR count). The molecule has 0 aromatic heterocycles. The Hall–Kier alpha value is -1.55. The Morgan fingerprint density at radius 2 is 2.37 bits per heavy atom. The molecule has 2 aliphatic heterocycles. The number of aliphatic carboxylic acids is 1. The number of carbonyl (C=O) groups is 1. The predicted molar refractivity (Wildman–Crippen MR) is 72.6 cm³/mol. The van der Waals surface area contributed by atoms with E-state index in [0.29, 0.717) is 12.5 Å². The van der Waals surface area contributed by atoms with E-state index in [-0.39, 0.29) is 12.5 Å². The number of hydrogen-bond donors (Lipinski definition) is 2. The Bertz CT molecular complexity index is 528. The van der Waals surface area contributed by atoms with Crippen molar-refractivity contribution in [2.45, 2.75) is 44.2 Å². The molecule has 0 bridgehead atoms. The van der Waals surface area contributed by atoms with Crippen molar-refractivity contribution in [3.8, 4) is 0 Å². The van der Waals surface area contributed by atoms with Crippen molar-refractivity contribution in [1.82, 2.24) is 0 Å². The van der Waals surface area contributed by atoms with Gasteiger partial charge in [-0.2, -0.15) is 0 Å². The molecule has 4 heteroatoms. The highest BCUT2D eigenvalue weighted by molar-refractivity contribution is 5.70. The number of rotatable bonds is 2. The Balaban J connectivity index is 1.98. The van der Waals surface area contributed by atoms with E-state index in [1.54, 1.807) is 0 Å². The first kappa shape index (κ1) is 12.5. The van der Waals surface area contributed by atoms with Gasteiger partial charge in [-0.25, -0.2) is 0 Å². The summed E-state index contributed by atoms with van der Waals surface area (Å²) >= 11 is 0. The molecule has 2 heterocycles. The Labute approximate surface area is 112 Å². The van der Waals surface area contributed by atoms with Crippen LogP contribution in [0.15, 0.2) is 18.2 Å². The third-order valence-corrected chi connectivity index (χ3v) is 4.43. The summed E-state index contributed by atoms with van der Waals surface area (Å²) in [5.41, 5.74) is 3.05. The number of para-hydroxylation sites is 1. The molecule has 1 saturated heterocycles. The molecule has 4 nitrogen and oxygen atoms in total. The van der Waals surface area contributed by atoms with Crippen LogP contribution in [0.1, 0.15) is 36.8 Å². The van der Waals surface area contributed by atoms with Crippen molar-refractivity contribution >= 4 is 11.7 Å². The van der Waals surface area contributed by atoms with Gasteiger partial charge in [-0.3, -0.25) is 4.79 Å². The van der Waals surface area contributed by atoms with Crippen LogP contribution in [0, 0.1) is 6.92 Å². The maximum atomic E-state index is 11.1. The summed E-state index contributed by atoms with van der Waals surface area (Å²) in [7, 11) is 0. The van der Waals surface area contributed by atoms with Gasteiger partial charge in [0.2, 0.25) is 0 Å². The van der Waals surface area contributed by atoms with Crippen LogP contribution in [0.2, 0.25) is 0 Å². The molecule has 1 fully saturated rings. The smallest absolute Gasteiger partial charge is 0.306 e. The molecule has 2 N–H and O–H groups in total. The van der Waals surface area contributed by atoms with Crippen molar-refractivity contribution < 1.29 is 14.6 Å². The third kappa shape index (κ3) is 1.91. The molecule has 0 radical (unpaired) electrons. The zero-order chi connectivity index (χ0) is 13.6. The normalized spacial score (nSPS) is 32.3. The quantitative estimate of drug-likeness (QED) is 0.859. The van der Waals surface area contributed by atoms with Crippen LogP contribution in [0.4, 0.5) is 5.69 Å². The number of carboxylic acids is 1. The molecule has 0 spiro atoms. The second kappa shape index (κ2) is 4.23. The van der Waals surface area contributed by atoms with Gasteiger partial charge in [0, 0.05) is 18.2 Å². The largest absolute Gasteiger partial charge is 0.481 e. The minimum Gasteiger partial charge on any atom is -0.481 e. The van der Waals surface area contributed by atoms with Gasteiger partial charge in [0.15, 0.2) is 0 Å². The predicted octanol–water partition coefficient (Wildman–Crippen LogP) is 2.53. The van der Waals surface area contributed by atoms with E-state index in [0.717, 1.165) is 6.42 Å². The van der Waals surface area contributed by atoms with Gasteiger partial charge in [-0.1, -0.05) is 18.2 Å². The zero-order valence-corrected chi connectivity index (χ0v) is 11.3. The van der Waals surface area contributed by atoms with E-state index in [4.69, 9.17) is 9.84 Å². The number of ether oxygens (including phenoxy) is 1. The van der Waals surface area contributed by atoms with Gasteiger partial charge in [-0.05, 0) is 31.4 Å². The molecule has 19 heavy (non-hydrogen) atoms. The fourth-order valence-corrected chi connectivity index (χ4v) is 3.50. The Morgan fingerprint density at radius 3 is 3.11 bits per heavy atom. The Kier molecular flexibility index (Phi) is 2.78.